The average molecular weight is 237 g/mol. The van der Waals surface area contributed by atoms with Crippen LogP contribution < -0.4 is 5.32 Å². The first-order chi connectivity index (χ1) is 8.08. The molecule has 0 unspecified atom stereocenters. The van der Waals surface area contributed by atoms with E-state index in [1.54, 1.807) is 42.2 Å². The lowest BCUT2D eigenvalue weighted by atomic mass is 10.1. The monoisotopic (exact) mass is 237 g/mol. The van der Waals surface area contributed by atoms with Gasteiger partial charge in [0.2, 0.25) is 0 Å². The first-order valence-electron chi connectivity index (χ1n) is 5.25. The van der Waals surface area contributed by atoms with Crippen LogP contribution >= 0.6 is 0 Å². The molecule has 0 spiro atoms. The second-order valence-corrected chi connectivity index (χ2v) is 3.80. The largest absolute Gasteiger partial charge is 0.362 e. The van der Waals surface area contributed by atoms with E-state index in [0.717, 1.165) is 0 Å². The molecule has 0 bridgehead atoms. The Kier molecular flexibility index (Phi) is 3.08. The third-order valence-electron chi connectivity index (χ3n) is 2.40. The van der Waals surface area contributed by atoms with Crippen LogP contribution in [-0.2, 0) is 13.0 Å². The van der Waals surface area contributed by atoms with Crippen molar-refractivity contribution in [3.05, 3.63) is 48.2 Å². The lowest BCUT2D eigenvalue weighted by Crippen LogP contribution is -2.24. The molecule has 0 aliphatic heterocycles. The molecule has 1 heterocycles. The van der Waals surface area contributed by atoms with Crippen LogP contribution in [0.15, 0.2) is 42.6 Å². The van der Waals surface area contributed by atoms with E-state index in [2.05, 4.69) is 10.4 Å². The first-order valence-corrected chi connectivity index (χ1v) is 5.25. The molecule has 0 aliphatic carbocycles. The Bertz CT molecular complexity index is 480. The third-order valence-corrected chi connectivity index (χ3v) is 2.40. The van der Waals surface area contributed by atoms with Crippen LogP contribution in [0, 0.1) is 0 Å². The van der Waals surface area contributed by atoms with Gasteiger partial charge in [-0.2, -0.15) is 13.9 Å². The Morgan fingerprint density at radius 1 is 1.24 bits per heavy atom. The summed E-state index contributed by atoms with van der Waals surface area (Å²) in [6.07, 6.45) is 1.70. The molecule has 3 nitrogen and oxygen atoms in total. The van der Waals surface area contributed by atoms with Crippen molar-refractivity contribution >= 4 is 5.82 Å². The quantitative estimate of drug-likeness (QED) is 0.885. The second-order valence-electron chi connectivity index (χ2n) is 3.80. The highest BCUT2D eigenvalue weighted by molar-refractivity contribution is 5.33. The molecule has 0 saturated heterocycles. The zero-order chi connectivity index (χ0) is 12.3. The first kappa shape index (κ1) is 11.6. The number of aryl methyl sites for hydroxylation is 1. The van der Waals surface area contributed by atoms with E-state index in [1.807, 2.05) is 0 Å². The van der Waals surface area contributed by atoms with Crippen molar-refractivity contribution < 1.29 is 8.78 Å². The molecule has 5 heteroatoms. The fraction of sp³-hybridized carbons (Fsp3) is 0.250. The summed E-state index contributed by atoms with van der Waals surface area (Å²) in [5, 5.41) is 6.60. The molecule has 1 aromatic heterocycles. The Morgan fingerprint density at radius 3 is 2.53 bits per heavy atom. The number of aromatic nitrogens is 2. The van der Waals surface area contributed by atoms with Crippen LogP contribution in [0.3, 0.4) is 0 Å². The predicted molar refractivity (Wildman–Crippen MR) is 62.0 cm³/mol. The van der Waals surface area contributed by atoms with E-state index < -0.39 is 12.5 Å². The maximum atomic E-state index is 13.8. The Labute approximate surface area is 98.1 Å². The molecule has 0 aliphatic rings. The second kappa shape index (κ2) is 4.53. The van der Waals surface area contributed by atoms with E-state index in [9.17, 15) is 8.78 Å². The van der Waals surface area contributed by atoms with Gasteiger partial charge < -0.3 is 5.32 Å². The van der Waals surface area contributed by atoms with Crippen molar-refractivity contribution in [2.75, 3.05) is 11.9 Å². The van der Waals surface area contributed by atoms with Crippen molar-refractivity contribution in [2.45, 2.75) is 5.92 Å². The summed E-state index contributed by atoms with van der Waals surface area (Å²) in [6, 6.07) is 9.40. The molecule has 1 N–H and O–H groups in total. The minimum atomic E-state index is -2.90. The maximum Gasteiger partial charge on any atom is 0.290 e. The topological polar surface area (TPSA) is 29.9 Å². The molecular weight excluding hydrogens is 224 g/mol. The standard InChI is InChI=1S/C12H13F2N3/c1-17-8-7-11(16-17)15-9-12(13,14)10-5-3-2-4-6-10/h2-8H,9H2,1H3,(H,15,16). The number of hydrogen-bond acceptors (Lipinski definition) is 2. The Morgan fingerprint density at radius 2 is 1.94 bits per heavy atom. The van der Waals surface area contributed by atoms with Gasteiger partial charge in [-0.25, -0.2) is 0 Å². The number of rotatable bonds is 4. The number of alkyl halides is 2. The lowest BCUT2D eigenvalue weighted by molar-refractivity contribution is 0.0105. The highest BCUT2D eigenvalue weighted by Crippen LogP contribution is 2.27. The SMILES string of the molecule is Cn1ccc(NCC(F)(F)c2ccccc2)n1. The summed E-state index contributed by atoms with van der Waals surface area (Å²) in [7, 11) is 1.74. The summed E-state index contributed by atoms with van der Waals surface area (Å²) in [5.74, 6) is -2.46. The highest BCUT2D eigenvalue weighted by Gasteiger charge is 2.31. The molecule has 1 aromatic carbocycles. The van der Waals surface area contributed by atoms with Crippen molar-refractivity contribution in [3.63, 3.8) is 0 Å². The number of hydrogen-bond donors (Lipinski definition) is 1. The number of nitrogens with zero attached hydrogens (tertiary/aromatic N) is 2. The number of nitrogens with one attached hydrogen (secondary N) is 1. The summed E-state index contributed by atoms with van der Waals surface area (Å²) in [5.41, 5.74) is 0.00318. The number of benzene rings is 1. The molecule has 0 saturated carbocycles. The lowest BCUT2D eigenvalue weighted by Gasteiger charge is -2.16. The zero-order valence-electron chi connectivity index (χ0n) is 9.40. The van der Waals surface area contributed by atoms with E-state index in [0.29, 0.717) is 5.82 Å². The highest BCUT2D eigenvalue weighted by atomic mass is 19.3. The van der Waals surface area contributed by atoms with Gasteiger partial charge in [-0.1, -0.05) is 30.3 Å². The van der Waals surface area contributed by atoms with Gasteiger partial charge in [0, 0.05) is 24.9 Å². The maximum absolute atomic E-state index is 13.8. The van der Waals surface area contributed by atoms with Crippen LogP contribution in [0.2, 0.25) is 0 Å². The van der Waals surface area contributed by atoms with Gasteiger partial charge in [-0.05, 0) is 0 Å². The third kappa shape index (κ3) is 2.81. The van der Waals surface area contributed by atoms with E-state index in [1.165, 1.54) is 12.1 Å². The molecule has 90 valence electrons. The molecule has 2 aromatic rings. The molecule has 17 heavy (non-hydrogen) atoms. The Balaban J connectivity index is 2.03. The average Bonchev–Trinajstić information content (AvgIpc) is 2.74. The minimum Gasteiger partial charge on any atom is -0.362 e. The number of anilines is 1. The molecule has 0 radical (unpaired) electrons. The molecular formula is C12H13F2N3. The van der Waals surface area contributed by atoms with Crippen molar-refractivity contribution in [2.24, 2.45) is 7.05 Å². The summed E-state index contributed by atoms with van der Waals surface area (Å²) in [6.45, 7) is -0.464. The summed E-state index contributed by atoms with van der Waals surface area (Å²) < 4.78 is 29.1. The zero-order valence-corrected chi connectivity index (χ0v) is 9.40. The van der Waals surface area contributed by atoms with Gasteiger partial charge in [0.25, 0.3) is 5.92 Å². The van der Waals surface area contributed by atoms with E-state index in [4.69, 9.17) is 0 Å². The van der Waals surface area contributed by atoms with E-state index >= 15 is 0 Å². The molecule has 0 atom stereocenters. The minimum absolute atomic E-state index is 0.00318. The molecule has 2 rings (SSSR count). The van der Waals surface area contributed by atoms with Gasteiger partial charge in [0.1, 0.15) is 5.82 Å². The van der Waals surface area contributed by atoms with Crippen LogP contribution in [0.4, 0.5) is 14.6 Å². The summed E-state index contributed by atoms with van der Waals surface area (Å²) >= 11 is 0. The molecule has 0 amide bonds. The predicted octanol–water partition coefficient (Wildman–Crippen LogP) is 2.62. The van der Waals surface area contributed by atoms with E-state index in [-0.39, 0.29) is 5.56 Å². The molecule has 0 fully saturated rings. The fourth-order valence-corrected chi connectivity index (χ4v) is 1.49. The fourth-order valence-electron chi connectivity index (χ4n) is 1.49. The van der Waals surface area contributed by atoms with Crippen LogP contribution in [0.25, 0.3) is 0 Å². The van der Waals surface area contributed by atoms with Crippen molar-refractivity contribution in [1.82, 2.24) is 9.78 Å². The van der Waals surface area contributed by atoms with Crippen LogP contribution in [-0.4, -0.2) is 16.3 Å². The van der Waals surface area contributed by atoms with Crippen molar-refractivity contribution in [1.29, 1.82) is 0 Å². The van der Waals surface area contributed by atoms with Gasteiger partial charge >= 0.3 is 0 Å². The van der Waals surface area contributed by atoms with Crippen molar-refractivity contribution in [3.8, 4) is 0 Å². The van der Waals surface area contributed by atoms with Gasteiger partial charge in [0.05, 0.1) is 6.54 Å². The number of halogens is 2. The van der Waals surface area contributed by atoms with Crippen LogP contribution in [0.5, 0.6) is 0 Å². The summed E-state index contributed by atoms with van der Waals surface area (Å²) in [4.78, 5) is 0. The van der Waals surface area contributed by atoms with Crippen LogP contribution in [0.1, 0.15) is 5.56 Å². The van der Waals surface area contributed by atoms with Gasteiger partial charge in [0.15, 0.2) is 0 Å². The van der Waals surface area contributed by atoms with Gasteiger partial charge in [-0.15, -0.1) is 0 Å². The van der Waals surface area contributed by atoms with Gasteiger partial charge in [-0.3, -0.25) is 4.68 Å². The Hall–Kier alpha value is -1.91. The smallest absolute Gasteiger partial charge is 0.290 e. The normalized spacial score (nSPS) is 11.5.